The van der Waals surface area contributed by atoms with Crippen LogP contribution in [0, 0.1) is 34.5 Å². The molecule has 1 saturated heterocycles. The molecule has 33 heavy (non-hydrogen) atoms. The van der Waals surface area contributed by atoms with Crippen LogP contribution in [0.3, 0.4) is 0 Å². The van der Waals surface area contributed by atoms with E-state index in [1.54, 1.807) is 0 Å². The lowest BCUT2D eigenvalue weighted by Gasteiger charge is -2.64. The van der Waals surface area contributed by atoms with Gasteiger partial charge >= 0.3 is 0 Å². The molecule has 4 saturated carbocycles. The largest absolute Gasteiger partial charge is 0.414 e. The van der Waals surface area contributed by atoms with Crippen LogP contribution in [0.1, 0.15) is 79.6 Å². The molecule has 2 N–H and O–H groups in total. The second-order valence-corrected chi connectivity index (χ2v) is 18.9. The van der Waals surface area contributed by atoms with Crippen LogP contribution < -0.4 is 0 Å². The normalized spacial score (nSPS) is 49.5. The van der Waals surface area contributed by atoms with E-state index >= 15 is 0 Å². The van der Waals surface area contributed by atoms with Crippen LogP contribution in [-0.4, -0.2) is 55.8 Å². The first-order chi connectivity index (χ1) is 15.3. The van der Waals surface area contributed by atoms with Gasteiger partial charge in [0.25, 0.3) is 0 Å². The summed E-state index contributed by atoms with van der Waals surface area (Å²) in [5.74, 6) is 0.558. The average Bonchev–Trinajstić information content (AvgIpc) is 3.32. The molecule has 0 bridgehead atoms. The fourth-order valence-electron chi connectivity index (χ4n) is 8.81. The summed E-state index contributed by atoms with van der Waals surface area (Å²) in [5, 5.41) is 23.3. The van der Waals surface area contributed by atoms with Crippen molar-refractivity contribution in [1.82, 2.24) is 0 Å². The van der Waals surface area contributed by atoms with Gasteiger partial charge < -0.3 is 24.1 Å². The minimum absolute atomic E-state index is 0.0606. The van der Waals surface area contributed by atoms with Crippen molar-refractivity contribution < 1.29 is 24.1 Å². The lowest BCUT2D eigenvalue weighted by molar-refractivity contribution is -0.269. The Balaban J connectivity index is 1.39. The summed E-state index contributed by atoms with van der Waals surface area (Å²) < 4.78 is 19.3. The third-order valence-corrected chi connectivity index (χ3v) is 16.3. The summed E-state index contributed by atoms with van der Waals surface area (Å²) in [7, 11) is -1.86. The molecule has 5 aliphatic rings. The Bertz CT molecular complexity index is 758. The quantitative estimate of drug-likeness (QED) is 0.538. The molecule has 0 unspecified atom stereocenters. The van der Waals surface area contributed by atoms with Gasteiger partial charge in [0, 0.05) is 17.9 Å². The molecule has 0 radical (unpaired) electrons. The van der Waals surface area contributed by atoms with Crippen LogP contribution in [-0.2, 0) is 13.9 Å². The molecule has 1 heterocycles. The summed E-state index contributed by atoms with van der Waals surface area (Å²) >= 11 is 0. The van der Waals surface area contributed by atoms with E-state index in [1.807, 2.05) is 0 Å². The fraction of sp³-hybridized carbons (Fsp3) is 1.00. The smallest absolute Gasteiger partial charge is 0.192 e. The van der Waals surface area contributed by atoms with Gasteiger partial charge in [-0.1, -0.05) is 34.6 Å². The number of fused-ring (bicyclic) bond motifs is 6. The Hall–Kier alpha value is 0.0169. The van der Waals surface area contributed by atoms with Crippen LogP contribution >= 0.6 is 0 Å². The monoisotopic (exact) mass is 480 g/mol. The summed E-state index contributed by atoms with van der Waals surface area (Å²) in [5.41, 5.74) is -0.0116. The minimum atomic E-state index is -1.86. The van der Waals surface area contributed by atoms with Crippen LogP contribution in [0.2, 0.25) is 18.1 Å². The third kappa shape index (κ3) is 3.41. The maximum Gasteiger partial charge on any atom is 0.192 e. The highest BCUT2D eigenvalue weighted by molar-refractivity contribution is 6.74. The Kier molecular flexibility index (Phi) is 5.81. The van der Waals surface area contributed by atoms with Gasteiger partial charge in [-0.05, 0) is 85.7 Å². The minimum Gasteiger partial charge on any atom is -0.414 e. The SMILES string of the molecule is CC(C)(C)[Si](C)(C)O[C@H]1CC[C@@]2(C)[C@H](C1)[C@@H](O)[C@H](O)[C@@H]1[C@@H]2CC[C@@]2(C)[C@H]1CCC21OCCO1. The molecule has 6 heteroatoms. The van der Waals surface area contributed by atoms with Crippen molar-refractivity contribution in [3.05, 3.63) is 0 Å². The van der Waals surface area contributed by atoms with E-state index < -0.39 is 26.3 Å². The molecule has 0 aromatic rings. The summed E-state index contributed by atoms with van der Waals surface area (Å²) in [4.78, 5) is 0. The predicted molar refractivity (Wildman–Crippen MR) is 131 cm³/mol. The molecular formula is C27H48O5Si. The van der Waals surface area contributed by atoms with Crippen molar-refractivity contribution in [1.29, 1.82) is 0 Å². The van der Waals surface area contributed by atoms with Gasteiger partial charge in [0.05, 0.1) is 25.4 Å². The summed E-state index contributed by atoms with van der Waals surface area (Å²) in [6, 6.07) is 0. The van der Waals surface area contributed by atoms with Crippen molar-refractivity contribution in [3.8, 4) is 0 Å². The van der Waals surface area contributed by atoms with E-state index in [2.05, 4.69) is 47.7 Å². The van der Waals surface area contributed by atoms with Crippen molar-refractivity contribution in [2.24, 2.45) is 34.5 Å². The zero-order chi connectivity index (χ0) is 24.0. The molecule has 1 aliphatic heterocycles. The topological polar surface area (TPSA) is 68.2 Å². The molecule has 5 fully saturated rings. The number of aliphatic hydroxyl groups is 2. The average molecular weight is 481 g/mol. The Labute approximate surface area is 202 Å². The molecule has 5 nitrogen and oxygen atoms in total. The first-order valence-electron chi connectivity index (χ1n) is 13.6. The summed E-state index contributed by atoms with van der Waals surface area (Å²) in [6.07, 6.45) is 6.03. The van der Waals surface area contributed by atoms with Crippen molar-refractivity contribution in [3.63, 3.8) is 0 Å². The number of ether oxygens (including phenoxy) is 2. The second kappa shape index (κ2) is 7.76. The van der Waals surface area contributed by atoms with Crippen molar-refractivity contribution in [2.75, 3.05) is 13.2 Å². The van der Waals surface area contributed by atoms with Gasteiger partial charge in [0.2, 0.25) is 0 Å². The maximum absolute atomic E-state index is 11.6. The lowest BCUT2D eigenvalue weighted by Crippen LogP contribution is -2.65. The molecule has 4 aliphatic carbocycles. The molecule has 0 aromatic carbocycles. The second-order valence-electron chi connectivity index (χ2n) is 14.1. The molecule has 190 valence electrons. The molecule has 1 spiro atoms. The first kappa shape index (κ1) is 24.7. The van der Waals surface area contributed by atoms with E-state index in [0.717, 1.165) is 44.9 Å². The molecule has 0 amide bonds. The number of aliphatic hydroxyl groups excluding tert-OH is 2. The van der Waals surface area contributed by atoms with E-state index in [-0.39, 0.29) is 33.8 Å². The number of hydrogen-bond donors (Lipinski definition) is 2. The van der Waals surface area contributed by atoms with Gasteiger partial charge in [0.1, 0.15) is 0 Å². The van der Waals surface area contributed by atoms with Gasteiger partial charge in [0.15, 0.2) is 14.1 Å². The fourth-order valence-corrected chi connectivity index (χ4v) is 10.2. The molecule has 0 aromatic heterocycles. The first-order valence-corrected chi connectivity index (χ1v) is 16.5. The van der Waals surface area contributed by atoms with E-state index in [4.69, 9.17) is 13.9 Å². The van der Waals surface area contributed by atoms with Gasteiger partial charge in [-0.3, -0.25) is 0 Å². The Morgan fingerprint density at radius 3 is 2.12 bits per heavy atom. The summed E-state index contributed by atoms with van der Waals surface area (Å²) in [6.45, 7) is 17.6. The maximum atomic E-state index is 11.6. The zero-order valence-corrected chi connectivity index (χ0v) is 23.0. The Morgan fingerprint density at radius 2 is 1.48 bits per heavy atom. The highest BCUT2D eigenvalue weighted by atomic mass is 28.4. The lowest BCUT2D eigenvalue weighted by atomic mass is 9.43. The molecule has 5 rings (SSSR count). The highest BCUT2D eigenvalue weighted by Crippen LogP contribution is 2.69. The number of hydrogen-bond acceptors (Lipinski definition) is 5. The van der Waals surface area contributed by atoms with Gasteiger partial charge in [-0.25, -0.2) is 0 Å². The highest BCUT2D eigenvalue weighted by Gasteiger charge is 2.70. The molecule has 9 atom stereocenters. The van der Waals surface area contributed by atoms with E-state index in [1.165, 1.54) is 0 Å². The van der Waals surface area contributed by atoms with Crippen LogP contribution in [0.4, 0.5) is 0 Å². The molecular weight excluding hydrogens is 432 g/mol. The Morgan fingerprint density at radius 1 is 0.848 bits per heavy atom. The van der Waals surface area contributed by atoms with Gasteiger partial charge in [-0.2, -0.15) is 0 Å². The van der Waals surface area contributed by atoms with Crippen molar-refractivity contribution in [2.45, 2.75) is 122 Å². The number of rotatable bonds is 2. The zero-order valence-electron chi connectivity index (χ0n) is 22.0. The van der Waals surface area contributed by atoms with E-state index in [0.29, 0.717) is 25.0 Å². The van der Waals surface area contributed by atoms with Gasteiger partial charge in [-0.15, -0.1) is 0 Å². The van der Waals surface area contributed by atoms with E-state index in [9.17, 15) is 10.2 Å². The van der Waals surface area contributed by atoms with Crippen LogP contribution in [0.5, 0.6) is 0 Å². The van der Waals surface area contributed by atoms with Crippen molar-refractivity contribution >= 4 is 8.32 Å². The third-order valence-electron chi connectivity index (χ3n) is 11.8. The van der Waals surface area contributed by atoms with Crippen LogP contribution in [0.25, 0.3) is 0 Å². The standard InChI is InChI=1S/C27H48O5Si/c1-24(2,3)33(6,7)32-17-8-11-25(4)18-9-12-26(5)19(10-13-27(26)30-14-15-31-27)21(18)23(29)22(28)20(25)16-17/h17-23,28-29H,8-16H2,1-7H3/t17-,18-,19-,20+,21+,22+,23+,25+,26-/m0/s1. The van der Waals surface area contributed by atoms with Crippen LogP contribution in [0.15, 0.2) is 0 Å². The predicted octanol–water partition coefficient (Wildman–Crippen LogP) is 5.10.